The maximum atomic E-state index is 12.2. The van der Waals surface area contributed by atoms with Gasteiger partial charge in [-0.1, -0.05) is 23.2 Å². The van der Waals surface area contributed by atoms with Crippen LogP contribution in [0, 0.1) is 0 Å². The standard InChI is InChI=1S/C10H10Cl2N2O3S/c11-5-3-6(13-8(5)12)9(15)14-1-2-18-4-7(14)10(16)17/h3,7,13H,1-2,4H2,(H,16,17). The highest BCUT2D eigenvalue weighted by molar-refractivity contribution is 7.99. The van der Waals surface area contributed by atoms with Crippen LogP contribution in [0.25, 0.3) is 0 Å². The summed E-state index contributed by atoms with van der Waals surface area (Å²) in [7, 11) is 0. The van der Waals surface area contributed by atoms with Crippen molar-refractivity contribution >= 4 is 46.8 Å². The summed E-state index contributed by atoms with van der Waals surface area (Å²) in [4.78, 5) is 27.3. The van der Waals surface area contributed by atoms with E-state index in [2.05, 4.69) is 4.98 Å². The Labute approximate surface area is 117 Å². The highest BCUT2D eigenvalue weighted by Gasteiger charge is 2.33. The number of rotatable bonds is 2. The first-order valence-electron chi connectivity index (χ1n) is 5.16. The molecule has 0 aliphatic carbocycles. The summed E-state index contributed by atoms with van der Waals surface area (Å²) >= 11 is 13.0. The zero-order valence-corrected chi connectivity index (χ0v) is 11.5. The second kappa shape index (κ2) is 5.42. The van der Waals surface area contributed by atoms with E-state index in [0.717, 1.165) is 5.75 Å². The fourth-order valence-corrected chi connectivity index (χ4v) is 3.08. The van der Waals surface area contributed by atoms with E-state index in [9.17, 15) is 9.59 Å². The van der Waals surface area contributed by atoms with Crippen LogP contribution in [0.3, 0.4) is 0 Å². The van der Waals surface area contributed by atoms with Gasteiger partial charge < -0.3 is 15.0 Å². The summed E-state index contributed by atoms with van der Waals surface area (Å²) in [6.45, 7) is 0.398. The highest BCUT2D eigenvalue weighted by Crippen LogP contribution is 2.25. The van der Waals surface area contributed by atoms with Gasteiger partial charge in [-0.3, -0.25) is 4.79 Å². The predicted molar refractivity (Wildman–Crippen MR) is 70.6 cm³/mol. The monoisotopic (exact) mass is 308 g/mol. The van der Waals surface area contributed by atoms with Gasteiger partial charge in [0.05, 0.1) is 5.02 Å². The first-order chi connectivity index (χ1) is 8.50. The molecule has 0 bridgehead atoms. The normalized spacial score (nSPS) is 19.9. The zero-order valence-electron chi connectivity index (χ0n) is 9.15. The molecule has 0 saturated carbocycles. The molecular formula is C10H10Cl2N2O3S. The van der Waals surface area contributed by atoms with Gasteiger partial charge in [-0.15, -0.1) is 0 Å². The van der Waals surface area contributed by atoms with Crippen LogP contribution < -0.4 is 0 Å². The number of nitrogens with zero attached hydrogens (tertiary/aromatic N) is 1. The van der Waals surface area contributed by atoms with Gasteiger partial charge in [-0.2, -0.15) is 11.8 Å². The van der Waals surface area contributed by atoms with Crippen molar-refractivity contribution in [3.05, 3.63) is 21.9 Å². The SMILES string of the molecule is O=C(O)C1CSCCN1C(=O)c1cc(Cl)c(Cl)[nH]1. The van der Waals surface area contributed by atoms with Crippen molar-refractivity contribution in [3.8, 4) is 0 Å². The lowest BCUT2D eigenvalue weighted by atomic mass is 10.2. The molecule has 2 N–H and O–H groups in total. The number of aliphatic carboxylic acids is 1. The van der Waals surface area contributed by atoms with Gasteiger partial charge >= 0.3 is 5.97 Å². The molecule has 1 amide bonds. The van der Waals surface area contributed by atoms with Crippen LogP contribution in [0.2, 0.25) is 10.2 Å². The van der Waals surface area contributed by atoms with Gasteiger partial charge in [0.15, 0.2) is 0 Å². The second-order valence-corrected chi connectivity index (χ2v) is 5.71. The maximum Gasteiger partial charge on any atom is 0.327 e. The maximum absolute atomic E-state index is 12.2. The van der Waals surface area contributed by atoms with E-state index in [-0.39, 0.29) is 15.9 Å². The summed E-state index contributed by atoms with van der Waals surface area (Å²) in [5.74, 6) is -0.281. The van der Waals surface area contributed by atoms with Gasteiger partial charge in [0.25, 0.3) is 5.91 Å². The molecule has 0 radical (unpaired) electrons. The molecule has 98 valence electrons. The number of carboxylic acids is 1. The van der Waals surface area contributed by atoms with Crippen molar-refractivity contribution < 1.29 is 14.7 Å². The molecule has 5 nitrogen and oxygen atoms in total. The summed E-state index contributed by atoms with van der Waals surface area (Å²) in [6, 6.07) is 0.601. The van der Waals surface area contributed by atoms with Crippen LogP contribution in [0.15, 0.2) is 6.07 Å². The molecule has 1 unspecified atom stereocenters. The second-order valence-electron chi connectivity index (χ2n) is 3.77. The van der Waals surface area contributed by atoms with Crippen molar-refractivity contribution in [1.82, 2.24) is 9.88 Å². The molecule has 1 fully saturated rings. The summed E-state index contributed by atoms with van der Waals surface area (Å²) in [6.07, 6.45) is 0. The van der Waals surface area contributed by atoms with Crippen LogP contribution in [-0.2, 0) is 4.79 Å². The molecule has 0 spiro atoms. The number of hydrogen-bond donors (Lipinski definition) is 2. The van der Waals surface area contributed by atoms with Gasteiger partial charge in [0.1, 0.15) is 16.9 Å². The first kappa shape index (κ1) is 13.6. The van der Waals surface area contributed by atoms with E-state index < -0.39 is 17.9 Å². The number of hydrogen-bond acceptors (Lipinski definition) is 3. The minimum atomic E-state index is -1.00. The van der Waals surface area contributed by atoms with Crippen LogP contribution in [0.5, 0.6) is 0 Å². The Morgan fingerprint density at radius 3 is 2.78 bits per heavy atom. The van der Waals surface area contributed by atoms with Crippen molar-refractivity contribution in [2.75, 3.05) is 18.1 Å². The Morgan fingerprint density at radius 1 is 1.50 bits per heavy atom. The number of carbonyl (C=O) groups is 2. The van der Waals surface area contributed by atoms with Crippen molar-refractivity contribution in [2.45, 2.75) is 6.04 Å². The quantitative estimate of drug-likeness (QED) is 0.876. The van der Waals surface area contributed by atoms with Gasteiger partial charge in [-0.05, 0) is 6.07 Å². The van der Waals surface area contributed by atoms with Crippen molar-refractivity contribution in [1.29, 1.82) is 0 Å². The molecule has 8 heteroatoms. The van der Waals surface area contributed by atoms with Crippen molar-refractivity contribution in [3.63, 3.8) is 0 Å². The molecule has 1 aromatic heterocycles. The average Bonchev–Trinajstić information content (AvgIpc) is 2.68. The number of thioether (sulfide) groups is 1. The smallest absolute Gasteiger partial charge is 0.327 e. The lowest BCUT2D eigenvalue weighted by molar-refractivity contribution is -0.141. The average molecular weight is 309 g/mol. The number of carbonyl (C=O) groups excluding carboxylic acids is 1. The molecule has 1 aliphatic rings. The van der Waals surface area contributed by atoms with E-state index in [1.807, 2.05) is 0 Å². The van der Waals surface area contributed by atoms with Crippen LogP contribution in [0.4, 0.5) is 0 Å². The third-order valence-electron chi connectivity index (χ3n) is 2.63. The molecule has 18 heavy (non-hydrogen) atoms. The fraction of sp³-hybridized carbons (Fsp3) is 0.400. The van der Waals surface area contributed by atoms with E-state index in [1.54, 1.807) is 0 Å². The van der Waals surface area contributed by atoms with E-state index in [0.29, 0.717) is 12.3 Å². The fourth-order valence-electron chi connectivity index (χ4n) is 1.73. The van der Waals surface area contributed by atoms with E-state index in [1.165, 1.54) is 22.7 Å². The van der Waals surface area contributed by atoms with Gasteiger partial charge in [-0.25, -0.2) is 4.79 Å². The largest absolute Gasteiger partial charge is 0.480 e. The number of carboxylic acid groups (broad SMARTS) is 1. The van der Waals surface area contributed by atoms with Gasteiger partial charge in [0.2, 0.25) is 0 Å². The van der Waals surface area contributed by atoms with E-state index in [4.69, 9.17) is 28.3 Å². The third kappa shape index (κ3) is 2.60. The highest BCUT2D eigenvalue weighted by atomic mass is 35.5. The van der Waals surface area contributed by atoms with E-state index >= 15 is 0 Å². The van der Waals surface area contributed by atoms with Gasteiger partial charge in [0, 0.05) is 18.1 Å². The number of amides is 1. The number of aromatic nitrogens is 1. The molecule has 1 aliphatic heterocycles. The lowest BCUT2D eigenvalue weighted by Gasteiger charge is -2.32. The van der Waals surface area contributed by atoms with Crippen LogP contribution in [0.1, 0.15) is 10.5 Å². The van der Waals surface area contributed by atoms with Crippen molar-refractivity contribution in [2.24, 2.45) is 0 Å². The Bertz CT molecular complexity index is 472. The summed E-state index contributed by atoms with van der Waals surface area (Å²) in [5, 5.41) is 9.52. The molecule has 2 heterocycles. The molecule has 1 saturated heterocycles. The number of H-pyrrole nitrogens is 1. The minimum Gasteiger partial charge on any atom is -0.480 e. The predicted octanol–water partition coefficient (Wildman–Crippen LogP) is 1.96. The number of halogens is 2. The Balaban J connectivity index is 2.23. The number of aromatic amines is 1. The first-order valence-corrected chi connectivity index (χ1v) is 7.07. The summed E-state index contributed by atoms with van der Waals surface area (Å²) < 4.78 is 0. The Hall–Kier alpha value is -0.850. The molecular weight excluding hydrogens is 299 g/mol. The van der Waals surface area contributed by atoms with Crippen LogP contribution in [-0.4, -0.2) is 51.0 Å². The minimum absolute atomic E-state index is 0.179. The van der Waals surface area contributed by atoms with Crippen LogP contribution >= 0.6 is 35.0 Å². The number of nitrogens with one attached hydrogen (secondary N) is 1. The molecule has 0 aromatic carbocycles. The molecule has 1 aromatic rings. The lowest BCUT2D eigenvalue weighted by Crippen LogP contribution is -2.50. The Morgan fingerprint density at radius 2 is 2.22 bits per heavy atom. The Kier molecular flexibility index (Phi) is 4.09. The zero-order chi connectivity index (χ0) is 13.3. The molecule has 2 rings (SSSR count). The summed E-state index contributed by atoms with van der Waals surface area (Å²) in [5.41, 5.74) is 0.211. The molecule has 1 atom stereocenters. The topological polar surface area (TPSA) is 73.4 Å². The third-order valence-corrected chi connectivity index (χ3v) is 4.35.